The summed E-state index contributed by atoms with van der Waals surface area (Å²) in [6.07, 6.45) is 1.25. The number of nitrogens with one attached hydrogen (secondary N) is 1. The van der Waals surface area contributed by atoms with Gasteiger partial charge >= 0.3 is 0 Å². The number of ether oxygens (including phenoxy) is 1. The SMILES string of the molecule is CN(C)c1ccc(-c2cccc([C@H]3CCNCC3OCc3ccc4ccccc4c3)c2)cc1. The third-order valence-electron chi connectivity index (χ3n) is 6.74. The Morgan fingerprint density at radius 2 is 1.64 bits per heavy atom. The Hall–Kier alpha value is -3.14. The van der Waals surface area contributed by atoms with E-state index in [4.69, 9.17) is 4.74 Å². The Balaban J connectivity index is 1.33. The van der Waals surface area contributed by atoms with E-state index in [-0.39, 0.29) is 6.10 Å². The van der Waals surface area contributed by atoms with Gasteiger partial charge in [-0.15, -0.1) is 0 Å². The molecule has 2 atom stereocenters. The van der Waals surface area contributed by atoms with E-state index in [9.17, 15) is 0 Å². The van der Waals surface area contributed by atoms with Crippen LogP contribution in [0.5, 0.6) is 0 Å². The van der Waals surface area contributed by atoms with Crippen molar-refractivity contribution in [3.63, 3.8) is 0 Å². The Kier molecular flexibility index (Phi) is 6.43. The number of rotatable bonds is 6. The molecule has 1 unspecified atom stereocenters. The first-order chi connectivity index (χ1) is 16.2. The lowest BCUT2D eigenvalue weighted by molar-refractivity contribution is 0.0107. The van der Waals surface area contributed by atoms with Crippen molar-refractivity contribution in [3.8, 4) is 11.1 Å². The van der Waals surface area contributed by atoms with Crippen molar-refractivity contribution < 1.29 is 4.74 Å². The quantitative estimate of drug-likeness (QED) is 0.387. The molecule has 1 aliphatic heterocycles. The summed E-state index contributed by atoms with van der Waals surface area (Å²) in [5.74, 6) is 0.396. The van der Waals surface area contributed by atoms with Crippen LogP contribution in [0.4, 0.5) is 5.69 Å². The molecule has 1 N–H and O–H groups in total. The van der Waals surface area contributed by atoms with Crippen molar-refractivity contribution in [1.29, 1.82) is 0 Å². The Morgan fingerprint density at radius 3 is 2.45 bits per heavy atom. The van der Waals surface area contributed by atoms with Gasteiger partial charge in [-0.3, -0.25) is 0 Å². The summed E-state index contributed by atoms with van der Waals surface area (Å²) in [4.78, 5) is 2.13. The molecule has 1 heterocycles. The summed E-state index contributed by atoms with van der Waals surface area (Å²) in [5.41, 5.74) is 6.34. The van der Waals surface area contributed by atoms with E-state index in [1.54, 1.807) is 0 Å². The van der Waals surface area contributed by atoms with Crippen LogP contribution in [-0.2, 0) is 11.3 Å². The van der Waals surface area contributed by atoms with Gasteiger partial charge in [0, 0.05) is 32.2 Å². The first-order valence-corrected chi connectivity index (χ1v) is 11.8. The fraction of sp³-hybridized carbons (Fsp3) is 0.267. The highest BCUT2D eigenvalue weighted by atomic mass is 16.5. The van der Waals surface area contributed by atoms with Crippen LogP contribution in [0, 0.1) is 0 Å². The molecule has 0 amide bonds. The average Bonchev–Trinajstić information content (AvgIpc) is 2.87. The van der Waals surface area contributed by atoms with Crippen molar-refractivity contribution in [3.05, 3.63) is 102 Å². The number of nitrogens with zero attached hydrogens (tertiary/aromatic N) is 1. The van der Waals surface area contributed by atoms with E-state index in [1.165, 1.54) is 38.7 Å². The second-order valence-electron chi connectivity index (χ2n) is 9.20. The molecule has 4 aromatic rings. The Labute approximate surface area is 197 Å². The van der Waals surface area contributed by atoms with Gasteiger partial charge in [0.1, 0.15) is 0 Å². The largest absolute Gasteiger partial charge is 0.378 e. The topological polar surface area (TPSA) is 24.5 Å². The van der Waals surface area contributed by atoms with Crippen molar-refractivity contribution in [2.24, 2.45) is 0 Å². The normalized spacial score (nSPS) is 18.4. The van der Waals surface area contributed by atoms with Crippen LogP contribution < -0.4 is 10.2 Å². The highest BCUT2D eigenvalue weighted by Crippen LogP contribution is 2.32. The summed E-state index contributed by atoms with van der Waals surface area (Å²) in [6, 6.07) is 32.9. The number of hydrogen-bond donors (Lipinski definition) is 1. The number of anilines is 1. The molecule has 1 aliphatic rings. The van der Waals surface area contributed by atoms with Crippen LogP contribution >= 0.6 is 0 Å². The zero-order valence-electron chi connectivity index (χ0n) is 19.5. The van der Waals surface area contributed by atoms with Gasteiger partial charge in [0.05, 0.1) is 12.7 Å². The lowest BCUT2D eigenvalue weighted by Gasteiger charge is -2.33. The molecule has 4 aromatic carbocycles. The molecule has 0 aliphatic carbocycles. The van der Waals surface area contributed by atoms with E-state index >= 15 is 0 Å². The summed E-state index contributed by atoms with van der Waals surface area (Å²) >= 11 is 0. The van der Waals surface area contributed by atoms with Gasteiger partial charge in [0.25, 0.3) is 0 Å². The molecule has 0 spiro atoms. The summed E-state index contributed by atoms with van der Waals surface area (Å²) in [7, 11) is 4.15. The van der Waals surface area contributed by atoms with E-state index in [1.807, 2.05) is 0 Å². The third kappa shape index (κ3) is 4.95. The van der Waals surface area contributed by atoms with Crippen molar-refractivity contribution in [1.82, 2.24) is 5.32 Å². The van der Waals surface area contributed by atoms with Crippen LogP contribution in [0.15, 0.2) is 91.0 Å². The first-order valence-electron chi connectivity index (χ1n) is 11.8. The maximum atomic E-state index is 6.50. The molecular weight excluding hydrogens is 404 g/mol. The lowest BCUT2D eigenvalue weighted by atomic mass is 9.86. The minimum Gasteiger partial charge on any atom is -0.378 e. The standard InChI is InChI=1S/C30H32N2O/c1-32(2)28-14-12-24(13-15-28)26-8-5-9-27(19-26)29-16-17-31-20-30(29)33-21-22-10-11-23-6-3-4-7-25(23)18-22/h3-15,18-19,29-31H,16-17,20-21H2,1-2H3/t29-,30?/m1/s1. The Morgan fingerprint density at radius 1 is 0.818 bits per heavy atom. The van der Waals surface area contributed by atoms with Crippen molar-refractivity contribution in [2.75, 3.05) is 32.1 Å². The van der Waals surface area contributed by atoms with E-state index in [0.717, 1.165) is 19.5 Å². The molecule has 3 heteroatoms. The highest BCUT2D eigenvalue weighted by molar-refractivity contribution is 5.82. The molecule has 168 valence electrons. The van der Waals surface area contributed by atoms with Crippen LogP contribution in [0.1, 0.15) is 23.5 Å². The summed E-state index contributed by atoms with van der Waals surface area (Å²) < 4.78 is 6.50. The average molecular weight is 437 g/mol. The zero-order chi connectivity index (χ0) is 22.6. The maximum Gasteiger partial charge on any atom is 0.0772 e. The smallest absolute Gasteiger partial charge is 0.0772 e. The van der Waals surface area contributed by atoms with Gasteiger partial charge in [-0.05, 0) is 64.2 Å². The first kappa shape index (κ1) is 21.7. The molecule has 3 nitrogen and oxygen atoms in total. The zero-order valence-corrected chi connectivity index (χ0v) is 19.5. The molecule has 0 aromatic heterocycles. The van der Waals surface area contributed by atoms with Crippen molar-refractivity contribution >= 4 is 16.5 Å². The van der Waals surface area contributed by atoms with Gasteiger partial charge in [0.2, 0.25) is 0 Å². The van der Waals surface area contributed by atoms with Crippen LogP contribution in [0.2, 0.25) is 0 Å². The predicted octanol–water partition coefficient (Wildman–Crippen LogP) is 6.24. The van der Waals surface area contributed by atoms with Gasteiger partial charge in [-0.2, -0.15) is 0 Å². The van der Waals surface area contributed by atoms with E-state index < -0.39 is 0 Å². The maximum absolute atomic E-state index is 6.50. The number of benzene rings is 4. The molecular formula is C30H32N2O. The number of hydrogen-bond acceptors (Lipinski definition) is 3. The second kappa shape index (κ2) is 9.78. The van der Waals surface area contributed by atoms with E-state index in [2.05, 4.69) is 115 Å². The third-order valence-corrected chi connectivity index (χ3v) is 6.74. The summed E-state index contributed by atoms with van der Waals surface area (Å²) in [6.45, 7) is 2.56. The van der Waals surface area contributed by atoms with Gasteiger partial charge < -0.3 is 15.0 Å². The van der Waals surface area contributed by atoms with Crippen LogP contribution in [-0.4, -0.2) is 33.3 Å². The van der Waals surface area contributed by atoms with Gasteiger partial charge in [0.15, 0.2) is 0 Å². The number of piperidine rings is 1. The van der Waals surface area contributed by atoms with Crippen LogP contribution in [0.3, 0.4) is 0 Å². The fourth-order valence-electron chi connectivity index (χ4n) is 4.82. The Bertz CT molecular complexity index is 1220. The minimum atomic E-state index is 0.164. The fourth-order valence-corrected chi connectivity index (χ4v) is 4.82. The summed E-state index contributed by atoms with van der Waals surface area (Å²) in [5, 5.41) is 6.07. The van der Waals surface area contributed by atoms with Crippen molar-refractivity contribution in [2.45, 2.75) is 25.0 Å². The van der Waals surface area contributed by atoms with Gasteiger partial charge in [-0.1, -0.05) is 72.8 Å². The minimum absolute atomic E-state index is 0.164. The molecule has 33 heavy (non-hydrogen) atoms. The molecule has 1 fully saturated rings. The van der Waals surface area contributed by atoms with Crippen LogP contribution in [0.25, 0.3) is 21.9 Å². The predicted molar refractivity (Wildman–Crippen MR) is 139 cm³/mol. The lowest BCUT2D eigenvalue weighted by Crippen LogP contribution is -2.41. The molecule has 5 rings (SSSR count). The monoisotopic (exact) mass is 436 g/mol. The van der Waals surface area contributed by atoms with E-state index in [0.29, 0.717) is 12.5 Å². The molecule has 1 saturated heterocycles. The van der Waals surface area contributed by atoms with Gasteiger partial charge in [-0.25, -0.2) is 0 Å². The molecule has 0 saturated carbocycles. The molecule has 0 bridgehead atoms. The second-order valence-corrected chi connectivity index (χ2v) is 9.20. The highest BCUT2D eigenvalue weighted by Gasteiger charge is 2.27. The molecule has 0 radical (unpaired) electrons. The number of fused-ring (bicyclic) bond motifs is 1.